The van der Waals surface area contributed by atoms with Crippen molar-refractivity contribution in [2.75, 3.05) is 4.90 Å². The molecule has 13 aromatic rings. The van der Waals surface area contributed by atoms with Crippen LogP contribution in [0.25, 0.3) is 110 Å². The van der Waals surface area contributed by atoms with Crippen LogP contribution >= 0.6 is 0 Å². The summed E-state index contributed by atoms with van der Waals surface area (Å²) in [6, 6.07) is 96.4. The van der Waals surface area contributed by atoms with Crippen molar-refractivity contribution < 1.29 is 4.74 Å². The first-order chi connectivity index (χ1) is 36.5. The first-order valence-corrected chi connectivity index (χ1v) is 25.5. The lowest BCUT2D eigenvalue weighted by Crippen LogP contribution is -2.16. The normalized spacial score (nSPS) is 12.0. The number of hydrogen-bond donors (Lipinski definition) is 0. The molecule has 14 rings (SSSR count). The van der Waals surface area contributed by atoms with E-state index in [4.69, 9.17) is 4.74 Å². The first-order valence-electron chi connectivity index (χ1n) is 25.5. The van der Waals surface area contributed by atoms with Gasteiger partial charge in [0.05, 0.1) is 11.4 Å². The van der Waals surface area contributed by atoms with Crippen molar-refractivity contribution in [3.8, 4) is 78.3 Å². The third-order valence-corrected chi connectivity index (χ3v) is 15.0. The second-order valence-electron chi connectivity index (χ2n) is 19.9. The minimum Gasteiger partial charge on any atom is -0.453 e. The van der Waals surface area contributed by atoms with Crippen LogP contribution < -0.4 is 9.64 Å². The molecule has 0 saturated carbocycles. The Morgan fingerprint density at radius 3 is 0.892 bits per heavy atom. The molecule has 0 amide bonds. The van der Waals surface area contributed by atoms with Gasteiger partial charge in [0.25, 0.3) is 0 Å². The average molecular weight is 944 g/mol. The highest BCUT2D eigenvalue weighted by molar-refractivity contribution is 6.04. The lowest BCUT2D eigenvalue weighted by Gasteiger charge is -2.34. The molecule has 2 nitrogen and oxygen atoms in total. The van der Waals surface area contributed by atoms with Gasteiger partial charge in [-0.1, -0.05) is 182 Å². The summed E-state index contributed by atoms with van der Waals surface area (Å²) in [6.07, 6.45) is 0. The van der Waals surface area contributed by atoms with Crippen LogP contribution in [0.1, 0.15) is 11.1 Å². The molecular weight excluding hydrogens is 895 g/mol. The van der Waals surface area contributed by atoms with E-state index in [0.717, 1.165) is 61.9 Å². The number of aryl methyl sites for hydroxylation is 2. The van der Waals surface area contributed by atoms with Crippen LogP contribution in [0.4, 0.5) is 17.1 Å². The molecule has 0 spiro atoms. The third kappa shape index (κ3) is 7.59. The third-order valence-electron chi connectivity index (χ3n) is 15.0. The van der Waals surface area contributed by atoms with Gasteiger partial charge in [-0.05, 0) is 214 Å². The summed E-state index contributed by atoms with van der Waals surface area (Å²) in [5.74, 6) is 1.67. The Morgan fingerprint density at radius 1 is 0.257 bits per heavy atom. The molecule has 0 radical (unpaired) electrons. The molecule has 0 saturated heterocycles. The molecule has 2 heteroatoms. The fourth-order valence-corrected chi connectivity index (χ4v) is 11.5. The predicted molar refractivity (Wildman–Crippen MR) is 313 cm³/mol. The van der Waals surface area contributed by atoms with Gasteiger partial charge in [-0.15, -0.1) is 0 Å². The van der Waals surface area contributed by atoms with E-state index in [1.54, 1.807) is 0 Å². The fourth-order valence-electron chi connectivity index (χ4n) is 11.5. The SMILES string of the molecule is Cc1ccc2c(c1)Oc1cc(C)ccc1N2c1cc(-c2cc(-c3cccc4ccccc34)cc(-c3cccc4ccccc34)c2)cc(-c2cc(-c3cccc4ccccc34)cc(-c3cccc4ccccc34)c2)c1. The van der Waals surface area contributed by atoms with E-state index in [-0.39, 0.29) is 0 Å². The van der Waals surface area contributed by atoms with Crippen LogP contribution in [0.2, 0.25) is 0 Å². The highest BCUT2D eigenvalue weighted by Gasteiger charge is 2.28. The first kappa shape index (κ1) is 43.3. The molecule has 1 aliphatic heterocycles. The molecule has 0 N–H and O–H groups in total. The average Bonchev–Trinajstić information content (AvgIpc) is 3.46. The van der Waals surface area contributed by atoms with Crippen LogP contribution in [0.5, 0.6) is 11.5 Å². The van der Waals surface area contributed by atoms with Gasteiger partial charge in [0.15, 0.2) is 11.5 Å². The molecule has 0 unspecified atom stereocenters. The molecule has 1 heterocycles. The summed E-state index contributed by atoms with van der Waals surface area (Å²) in [5, 5.41) is 9.77. The summed E-state index contributed by atoms with van der Waals surface area (Å²) in [4.78, 5) is 2.40. The van der Waals surface area contributed by atoms with Crippen molar-refractivity contribution in [1.29, 1.82) is 0 Å². The van der Waals surface area contributed by atoms with E-state index >= 15 is 0 Å². The number of nitrogens with zero attached hydrogens (tertiary/aromatic N) is 1. The number of benzene rings is 13. The summed E-state index contributed by atoms with van der Waals surface area (Å²) >= 11 is 0. The van der Waals surface area contributed by atoms with Gasteiger partial charge >= 0.3 is 0 Å². The lowest BCUT2D eigenvalue weighted by atomic mass is 9.87. The van der Waals surface area contributed by atoms with Crippen molar-refractivity contribution in [2.24, 2.45) is 0 Å². The summed E-state index contributed by atoms with van der Waals surface area (Å²) in [6.45, 7) is 4.26. The van der Waals surface area contributed by atoms with Gasteiger partial charge in [-0.25, -0.2) is 0 Å². The monoisotopic (exact) mass is 943 g/mol. The van der Waals surface area contributed by atoms with Gasteiger partial charge in [0, 0.05) is 5.69 Å². The van der Waals surface area contributed by atoms with Crippen molar-refractivity contribution in [3.05, 3.63) is 272 Å². The topological polar surface area (TPSA) is 12.5 Å². The van der Waals surface area contributed by atoms with Gasteiger partial charge < -0.3 is 9.64 Å². The maximum Gasteiger partial charge on any atom is 0.151 e. The maximum atomic E-state index is 6.78. The van der Waals surface area contributed by atoms with Crippen molar-refractivity contribution in [3.63, 3.8) is 0 Å². The Balaban J connectivity index is 1.07. The van der Waals surface area contributed by atoms with Gasteiger partial charge in [0.1, 0.15) is 0 Å². The van der Waals surface area contributed by atoms with Gasteiger partial charge in [0.2, 0.25) is 0 Å². The minimum absolute atomic E-state index is 0.836. The van der Waals surface area contributed by atoms with Crippen LogP contribution in [-0.4, -0.2) is 0 Å². The van der Waals surface area contributed by atoms with E-state index in [0.29, 0.717) is 0 Å². The zero-order valence-electron chi connectivity index (χ0n) is 41.2. The Hall–Kier alpha value is -9.50. The molecular formula is C72H49NO. The standard InChI is InChI=1S/C72H49NO/c1-46-31-33-69-71(35-46)74-72-36-47(2)32-34-70(72)73(69)60-44-54(52-38-56(65-27-11-19-48-15-3-7-23-61(48)65)42-57(39-52)66-28-12-20-49-16-4-8-24-62(49)66)37-55(45-60)53-40-58(67-29-13-21-50-17-5-9-25-63(50)67)43-59(41-53)68-30-14-22-51-18-6-10-26-64(51)68/h3-45H,1-2H3. The van der Waals surface area contributed by atoms with E-state index < -0.39 is 0 Å². The highest BCUT2D eigenvalue weighted by atomic mass is 16.5. The zero-order chi connectivity index (χ0) is 49.3. The molecule has 0 atom stereocenters. The van der Waals surface area contributed by atoms with Gasteiger partial charge in [-0.2, -0.15) is 0 Å². The highest BCUT2D eigenvalue weighted by Crippen LogP contribution is 2.53. The zero-order valence-corrected chi connectivity index (χ0v) is 41.2. The molecule has 0 fully saturated rings. The molecule has 74 heavy (non-hydrogen) atoms. The van der Waals surface area contributed by atoms with E-state index in [1.165, 1.54) is 87.6 Å². The van der Waals surface area contributed by atoms with Crippen molar-refractivity contribution in [2.45, 2.75) is 13.8 Å². The Morgan fingerprint density at radius 2 is 0.541 bits per heavy atom. The Kier molecular flexibility index (Phi) is 10.3. The fraction of sp³-hybridized carbons (Fsp3) is 0.0278. The largest absolute Gasteiger partial charge is 0.453 e. The van der Waals surface area contributed by atoms with Crippen LogP contribution in [-0.2, 0) is 0 Å². The second kappa shape index (κ2) is 17.7. The van der Waals surface area contributed by atoms with Crippen molar-refractivity contribution in [1.82, 2.24) is 0 Å². The van der Waals surface area contributed by atoms with Crippen LogP contribution in [0.3, 0.4) is 0 Å². The molecule has 13 aromatic carbocycles. The Labute approximate surface area is 431 Å². The number of rotatable bonds is 7. The quantitative estimate of drug-likeness (QED) is 0.158. The summed E-state index contributed by atoms with van der Waals surface area (Å²) in [5.41, 5.74) is 19.3. The minimum atomic E-state index is 0.836. The summed E-state index contributed by atoms with van der Waals surface area (Å²) < 4.78 is 6.78. The van der Waals surface area contributed by atoms with Crippen LogP contribution in [0.15, 0.2) is 261 Å². The molecule has 0 aromatic heterocycles. The number of fused-ring (bicyclic) bond motifs is 6. The number of anilines is 3. The molecule has 348 valence electrons. The number of ether oxygens (including phenoxy) is 1. The number of hydrogen-bond acceptors (Lipinski definition) is 2. The van der Waals surface area contributed by atoms with E-state index in [1.807, 2.05) is 0 Å². The molecule has 1 aliphatic rings. The summed E-state index contributed by atoms with van der Waals surface area (Å²) in [7, 11) is 0. The maximum absolute atomic E-state index is 6.78. The lowest BCUT2D eigenvalue weighted by molar-refractivity contribution is 0.476. The van der Waals surface area contributed by atoms with Gasteiger partial charge in [-0.3, -0.25) is 0 Å². The second-order valence-corrected chi connectivity index (χ2v) is 19.9. The van der Waals surface area contributed by atoms with E-state index in [9.17, 15) is 0 Å². The molecule has 0 aliphatic carbocycles. The Bertz CT molecular complexity index is 3900. The molecule has 0 bridgehead atoms. The predicted octanol–water partition coefficient (Wildman–Crippen LogP) is 20.5. The van der Waals surface area contributed by atoms with Crippen molar-refractivity contribution >= 4 is 60.2 Å². The van der Waals surface area contributed by atoms with E-state index in [2.05, 4.69) is 280 Å². The smallest absolute Gasteiger partial charge is 0.151 e. The van der Waals surface area contributed by atoms with Crippen LogP contribution in [0, 0.1) is 13.8 Å².